The molecule has 0 aliphatic carbocycles. The Bertz CT molecular complexity index is 495. The van der Waals surface area contributed by atoms with Gasteiger partial charge in [-0.05, 0) is 6.07 Å². The number of halogens is 3. The number of terminal acetylenes is 1. The molecule has 0 unspecified atom stereocenters. The number of amides is 1. The summed E-state index contributed by atoms with van der Waals surface area (Å²) >= 11 is 0. The van der Waals surface area contributed by atoms with Crippen molar-refractivity contribution in [3.05, 3.63) is 29.8 Å². The number of ether oxygens (including phenoxy) is 1. The number of hydrogen-bond acceptors (Lipinski definition) is 3. The van der Waals surface area contributed by atoms with E-state index in [0.29, 0.717) is 0 Å². The van der Waals surface area contributed by atoms with E-state index < -0.39 is 6.36 Å². The van der Waals surface area contributed by atoms with Crippen molar-refractivity contribution in [2.75, 3.05) is 13.1 Å². The Hall–Kier alpha value is -2.20. The molecule has 7 heteroatoms. The van der Waals surface area contributed by atoms with Gasteiger partial charge >= 0.3 is 6.36 Å². The molecule has 0 fully saturated rings. The average Bonchev–Trinajstić information content (AvgIpc) is 2.36. The van der Waals surface area contributed by atoms with Crippen LogP contribution in [0, 0.1) is 12.3 Å². The number of rotatable bonds is 6. The second-order valence-electron chi connectivity index (χ2n) is 3.74. The van der Waals surface area contributed by atoms with Crippen LogP contribution in [0.25, 0.3) is 0 Å². The highest BCUT2D eigenvalue weighted by molar-refractivity contribution is 5.78. The first-order valence-corrected chi connectivity index (χ1v) is 5.67. The summed E-state index contributed by atoms with van der Waals surface area (Å²) in [5, 5.41) is 5.13. The van der Waals surface area contributed by atoms with E-state index in [2.05, 4.69) is 21.3 Å². The Balaban J connectivity index is 2.55. The fourth-order valence-corrected chi connectivity index (χ4v) is 1.38. The third-order valence-corrected chi connectivity index (χ3v) is 2.19. The van der Waals surface area contributed by atoms with Crippen molar-refractivity contribution in [1.29, 1.82) is 0 Å². The molecule has 1 rings (SSSR count). The Morgan fingerprint density at radius 2 is 2.05 bits per heavy atom. The van der Waals surface area contributed by atoms with E-state index in [9.17, 15) is 18.0 Å². The molecular weight excluding hydrogens is 273 g/mol. The van der Waals surface area contributed by atoms with Crippen LogP contribution in [0.3, 0.4) is 0 Å². The Morgan fingerprint density at radius 3 is 2.70 bits per heavy atom. The third-order valence-electron chi connectivity index (χ3n) is 2.19. The van der Waals surface area contributed by atoms with Crippen LogP contribution >= 0.6 is 0 Å². The summed E-state index contributed by atoms with van der Waals surface area (Å²) in [5.41, 5.74) is 0.232. The van der Waals surface area contributed by atoms with Crippen LogP contribution in [-0.2, 0) is 11.3 Å². The average molecular weight is 286 g/mol. The first kappa shape index (κ1) is 15.9. The second kappa shape index (κ2) is 7.40. The van der Waals surface area contributed by atoms with Gasteiger partial charge in [0.05, 0.1) is 13.1 Å². The maximum absolute atomic E-state index is 12.2. The molecule has 0 aliphatic heterocycles. The van der Waals surface area contributed by atoms with Crippen LogP contribution in [0.1, 0.15) is 5.56 Å². The minimum atomic E-state index is -4.77. The fraction of sp³-hybridized carbons (Fsp3) is 0.308. The predicted molar refractivity (Wildman–Crippen MR) is 66.7 cm³/mol. The smallest absolute Gasteiger partial charge is 0.405 e. The van der Waals surface area contributed by atoms with Gasteiger partial charge in [-0.25, -0.2) is 0 Å². The molecule has 2 N–H and O–H groups in total. The Labute approximate surface area is 114 Å². The lowest BCUT2D eigenvalue weighted by molar-refractivity contribution is -0.274. The zero-order chi connectivity index (χ0) is 15.0. The summed E-state index contributed by atoms with van der Waals surface area (Å²) in [7, 11) is 0. The van der Waals surface area contributed by atoms with E-state index in [1.54, 1.807) is 6.07 Å². The van der Waals surface area contributed by atoms with Gasteiger partial charge in [-0.2, -0.15) is 0 Å². The number of carbonyl (C=O) groups excluding carboxylic acids is 1. The molecule has 0 radical (unpaired) electrons. The topological polar surface area (TPSA) is 50.4 Å². The predicted octanol–water partition coefficient (Wildman–Crippen LogP) is 1.42. The molecule has 1 aromatic rings. The van der Waals surface area contributed by atoms with Crippen LogP contribution in [0.4, 0.5) is 13.2 Å². The number of benzene rings is 1. The van der Waals surface area contributed by atoms with E-state index in [4.69, 9.17) is 6.42 Å². The SMILES string of the molecule is C#CCNCC(=O)NCc1ccccc1OC(F)(F)F. The van der Waals surface area contributed by atoms with Gasteiger partial charge in [0.1, 0.15) is 5.75 Å². The molecule has 0 saturated heterocycles. The van der Waals surface area contributed by atoms with Gasteiger partial charge < -0.3 is 10.1 Å². The number of hydrogen-bond donors (Lipinski definition) is 2. The largest absolute Gasteiger partial charge is 0.573 e. The lowest BCUT2D eigenvalue weighted by atomic mass is 10.2. The molecule has 1 amide bonds. The standard InChI is InChI=1S/C13H13F3N2O2/c1-2-7-17-9-12(19)18-8-10-5-3-4-6-11(10)20-13(14,15)16/h1,3-6,17H,7-9H2,(H,18,19). The van der Waals surface area contributed by atoms with Crippen LogP contribution < -0.4 is 15.4 Å². The molecule has 0 spiro atoms. The molecule has 0 heterocycles. The zero-order valence-corrected chi connectivity index (χ0v) is 10.5. The van der Waals surface area contributed by atoms with Gasteiger partial charge in [0, 0.05) is 12.1 Å². The quantitative estimate of drug-likeness (QED) is 0.614. The molecule has 0 saturated carbocycles. The lowest BCUT2D eigenvalue weighted by Crippen LogP contribution is -2.33. The highest BCUT2D eigenvalue weighted by atomic mass is 19.4. The van der Waals surface area contributed by atoms with Gasteiger partial charge in [-0.15, -0.1) is 19.6 Å². The van der Waals surface area contributed by atoms with Crippen LogP contribution in [-0.4, -0.2) is 25.4 Å². The van der Waals surface area contributed by atoms with Gasteiger partial charge in [0.25, 0.3) is 0 Å². The Morgan fingerprint density at radius 1 is 1.35 bits per heavy atom. The maximum atomic E-state index is 12.2. The summed E-state index contributed by atoms with van der Waals surface area (Å²) in [6.45, 7) is 0.163. The second-order valence-corrected chi connectivity index (χ2v) is 3.74. The van der Waals surface area contributed by atoms with Crippen molar-refractivity contribution in [3.63, 3.8) is 0 Å². The zero-order valence-electron chi connectivity index (χ0n) is 10.5. The van der Waals surface area contributed by atoms with Crippen molar-refractivity contribution in [2.45, 2.75) is 12.9 Å². The van der Waals surface area contributed by atoms with Crippen molar-refractivity contribution in [3.8, 4) is 18.1 Å². The molecular formula is C13H13F3N2O2. The highest BCUT2D eigenvalue weighted by Crippen LogP contribution is 2.25. The summed E-state index contributed by atoms with van der Waals surface area (Å²) in [4.78, 5) is 11.4. The summed E-state index contributed by atoms with van der Waals surface area (Å²) in [6.07, 6.45) is 0.222. The molecule has 108 valence electrons. The van der Waals surface area contributed by atoms with Crippen molar-refractivity contribution < 1.29 is 22.7 Å². The number of alkyl halides is 3. The van der Waals surface area contributed by atoms with Gasteiger partial charge in [0.2, 0.25) is 5.91 Å². The van der Waals surface area contributed by atoms with E-state index in [1.165, 1.54) is 18.2 Å². The third kappa shape index (κ3) is 6.11. The minimum Gasteiger partial charge on any atom is -0.405 e. The van der Waals surface area contributed by atoms with Crippen LogP contribution in [0.15, 0.2) is 24.3 Å². The first-order valence-electron chi connectivity index (χ1n) is 5.67. The van der Waals surface area contributed by atoms with E-state index in [-0.39, 0.29) is 36.9 Å². The monoisotopic (exact) mass is 286 g/mol. The molecule has 1 aromatic carbocycles. The van der Waals surface area contributed by atoms with Gasteiger partial charge in [-0.3, -0.25) is 10.1 Å². The maximum Gasteiger partial charge on any atom is 0.573 e. The van der Waals surface area contributed by atoms with Crippen LogP contribution in [0.5, 0.6) is 5.75 Å². The summed E-state index contributed by atoms with van der Waals surface area (Å²) in [5.74, 6) is 1.59. The summed E-state index contributed by atoms with van der Waals surface area (Å²) in [6, 6.07) is 5.60. The normalized spacial score (nSPS) is 10.7. The molecule has 4 nitrogen and oxygen atoms in total. The lowest BCUT2D eigenvalue weighted by Gasteiger charge is -2.13. The van der Waals surface area contributed by atoms with E-state index in [0.717, 1.165) is 0 Å². The number of carbonyl (C=O) groups is 1. The van der Waals surface area contributed by atoms with Crippen molar-refractivity contribution in [1.82, 2.24) is 10.6 Å². The Kier molecular flexibility index (Phi) is 5.87. The fourth-order valence-electron chi connectivity index (χ4n) is 1.38. The van der Waals surface area contributed by atoms with E-state index in [1.807, 2.05) is 0 Å². The van der Waals surface area contributed by atoms with Gasteiger partial charge in [0.15, 0.2) is 0 Å². The van der Waals surface area contributed by atoms with Crippen LogP contribution in [0.2, 0.25) is 0 Å². The number of para-hydroxylation sites is 1. The molecule has 0 bridgehead atoms. The molecule has 0 atom stereocenters. The van der Waals surface area contributed by atoms with Gasteiger partial charge in [-0.1, -0.05) is 24.1 Å². The summed E-state index contributed by atoms with van der Waals surface area (Å²) < 4.78 is 40.4. The first-order chi connectivity index (χ1) is 9.42. The van der Waals surface area contributed by atoms with Crippen molar-refractivity contribution in [2.24, 2.45) is 0 Å². The van der Waals surface area contributed by atoms with E-state index >= 15 is 0 Å². The molecule has 0 aromatic heterocycles. The highest BCUT2D eigenvalue weighted by Gasteiger charge is 2.31. The molecule has 20 heavy (non-hydrogen) atoms. The van der Waals surface area contributed by atoms with Crippen molar-refractivity contribution >= 4 is 5.91 Å². The molecule has 0 aliphatic rings. The number of nitrogens with one attached hydrogen (secondary N) is 2. The minimum absolute atomic E-state index is 0.00745.